The van der Waals surface area contributed by atoms with Gasteiger partial charge < -0.3 is 69.4 Å². The molecule has 1 aromatic heterocycles. The molecule has 0 radical (unpaired) electrons. The third-order valence-electron chi connectivity index (χ3n) is 20.6. The SMILES string of the molecule is CC1=C2N=C(C=C3NC(=C(C)C4=N[C@@](C)([C@@H]5N=C1[C@](C)(CCC(=O)NC[C@H](C)OP(=O)(O)O[C@H]1[C@@H](O)[C@@H](n6cnc7cc(C)c(C)cc76)O[C@@H]1CO)[C@H]5CC(N)=O)[C@@](C)(CC(N)=O)[C@@H]4CCC(N)=O)[C@@](C)(CC(N)=O)[C@@H]3CCC(N)=O)C(C)(C)[C@@H]2CCC(N)=O. The van der Waals surface area contributed by atoms with Gasteiger partial charge in [0.1, 0.15) is 18.3 Å². The number of aromatic nitrogens is 2. The maximum absolute atomic E-state index is 14.4. The van der Waals surface area contributed by atoms with E-state index in [1.165, 1.54) is 13.3 Å². The van der Waals surface area contributed by atoms with Crippen molar-refractivity contribution in [3.63, 3.8) is 0 Å². The lowest BCUT2D eigenvalue weighted by atomic mass is 9.55. The maximum atomic E-state index is 14.4. The molecule has 17 N–H and O–H groups in total. The molecule has 28 heteroatoms. The molecule has 6 aliphatic heterocycles. The Morgan fingerprint density at radius 2 is 1.40 bits per heavy atom. The number of fused-ring (bicyclic) bond motifs is 7. The molecule has 6 aliphatic rings. The second-order valence-corrected chi connectivity index (χ2v) is 28.4. The number of phosphoric acid groups is 1. The van der Waals surface area contributed by atoms with Gasteiger partial charge in [0.15, 0.2) is 6.23 Å². The highest BCUT2D eigenvalue weighted by molar-refractivity contribution is 7.47. The molecule has 0 spiro atoms. The second-order valence-electron chi connectivity index (χ2n) is 27.1. The van der Waals surface area contributed by atoms with Crippen molar-refractivity contribution >= 4 is 77.3 Å². The largest absolute Gasteiger partial charge is 0.472 e. The highest BCUT2D eigenvalue weighted by Gasteiger charge is 2.66. The van der Waals surface area contributed by atoms with Crippen LogP contribution in [0.3, 0.4) is 0 Å². The molecule has 0 saturated carbocycles. The number of primary amides is 6. The van der Waals surface area contributed by atoms with Gasteiger partial charge in [0.05, 0.1) is 41.7 Å². The molecule has 2 fully saturated rings. The Labute approximate surface area is 523 Å². The Morgan fingerprint density at radius 3 is 1.99 bits per heavy atom. The minimum absolute atomic E-state index is 0.0114. The van der Waals surface area contributed by atoms with Crippen molar-refractivity contribution in [2.45, 2.75) is 189 Å². The predicted molar refractivity (Wildman–Crippen MR) is 334 cm³/mol. The van der Waals surface area contributed by atoms with E-state index in [1.54, 1.807) is 4.57 Å². The highest BCUT2D eigenvalue weighted by Crippen LogP contribution is 2.63. The first-order chi connectivity index (χ1) is 41.8. The molecule has 1 aromatic carbocycles. The lowest BCUT2D eigenvalue weighted by Gasteiger charge is -2.48. The molecule has 492 valence electrons. The minimum atomic E-state index is -5.07. The molecule has 7 amide bonds. The third-order valence-corrected chi connectivity index (χ3v) is 21.7. The average molecular weight is 1270 g/mol. The first-order valence-electron chi connectivity index (χ1n) is 30.6. The number of allylic oxidation sites excluding steroid dienone is 6. The Hall–Kier alpha value is -7.00. The van der Waals surface area contributed by atoms with E-state index in [9.17, 15) is 53.2 Å². The lowest BCUT2D eigenvalue weighted by Crippen LogP contribution is -2.56. The fraction of sp³-hybridized carbons (Fsp3) is 0.629. The summed E-state index contributed by atoms with van der Waals surface area (Å²) in [6.45, 7) is 19.3. The van der Waals surface area contributed by atoms with Crippen LogP contribution in [0.2, 0.25) is 0 Å². The van der Waals surface area contributed by atoms with Crippen LogP contribution >= 0.6 is 7.82 Å². The fourth-order valence-corrected chi connectivity index (χ4v) is 16.6. The number of ether oxygens (including phenoxy) is 1. The number of imidazole rings is 1. The molecular formula is C62H90N13O14P. The summed E-state index contributed by atoms with van der Waals surface area (Å²) in [7, 11) is -5.07. The monoisotopic (exact) mass is 1270 g/mol. The van der Waals surface area contributed by atoms with Crippen molar-refractivity contribution in [2.75, 3.05) is 13.2 Å². The van der Waals surface area contributed by atoms with Crippen molar-refractivity contribution < 1.29 is 67.0 Å². The number of amides is 7. The number of nitrogens with two attached hydrogens (primary N) is 6. The zero-order chi connectivity index (χ0) is 66.7. The van der Waals surface area contributed by atoms with Crippen molar-refractivity contribution in [3.05, 3.63) is 63.9 Å². The molecule has 2 aromatic rings. The van der Waals surface area contributed by atoms with Crippen LogP contribution in [0.25, 0.3) is 11.0 Å². The van der Waals surface area contributed by atoms with Gasteiger partial charge in [-0.15, -0.1) is 0 Å². The van der Waals surface area contributed by atoms with Crippen molar-refractivity contribution in [1.82, 2.24) is 20.2 Å². The molecular weight excluding hydrogens is 1180 g/mol. The number of aliphatic imine (C=N–C) groups is 3. The van der Waals surface area contributed by atoms with Gasteiger partial charge in [-0.3, -0.25) is 57.6 Å². The number of nitrogens with zero attached hydrogens (tertiary/aromatic N) is 5. The molecule has 90 heavy (non-hydrogen) atoms. The van der Waals surface area contributed by atoms with Crippen LogP contribution in [0.4, 0.5) is 0 Å². The van der Waals surface area contributed by atoms with Crippen LogP contribution < -0.4 is 45.0 Å². The van der Waals surface area contributed by atoms with Crippen LogP contribution in [0.15, 0.2) is 67.8 Å². The van der Waals surface area contributed by atoms with Gasteiger partial charge in [-0.25, -0.2) is 9.55 Å². The molecule has 2 saturated heterocycles. The zero-order valence-electron chi connectivity index (χ0n) is 53.3. The first kappa shape index (κ1) is 68.9. The van der Waals surface area contributed by atoms with E-state index in [1.807, 2.05) is 87.4 Å². The summed E-state index contributed by atoms with van der Waals surface area (Å²) in [4.78, 5) is 126. The summed E-state index contributed by atoms with van der Waals surface area (Å²) >= 11 is 0. The molecule has 0 aliphatic carbocycles. The number of aliphatic hydroxyl groups is 2. The number of carbonyl (C=O) groups is 7. The molecule has 27 nitrogen and oxygen atoms in total. The molecule has 7 heterocycles. The topological polar surface area (TPSA) is 460 Å². The van der Waals surface area contributed by atoms with E-state index in [-0.39, 0.29) is 77.2 Å². The number of hydrogen-bond acceptors (Lipinski definition) is 18. The summed E-state index contributed by atoms with van der Waals surface area (Å²) in [5, 5.41) is 28.2. The van der Waals surface area contributed by atoms with Crippen molar-refractivity contribution in [3.8, 4) is 0 Å². The summed E-state index contributed by atoms with van der Waals surface area (Å²) < 4.78 is 32.3. The standard InChI is InChI=1S/C62H90N13O14P/c1-29-20-39-40(21-30(29)2)75(28-70-39)57-52(84)53(41(27-76)87-57)89-90(85,86)88-31(3)26-69-49(83)18-19-59(8)37(22-46(66)80)56-62(11)61(10,25-48(68)82)36(14-17-45(65)79)51(74-62)33(5)55-60(9,24-47(67)81)34(12-15-43(63)77)38(71-55)23-42-58(6,7)35(13-16-44(64)78)50(72-42)32(4)54(59)73-56/h20-21,23,28,31,34-37,41,52-53,56-57,71,76,84H,12-19,22,24-27H2,1-11H3,(H2,63,77)(H2,64,78)(H2,65,79)(H2,66,80)(H2,67,81)(H2,68,82)(H,69,83)(H,85,86)/t31-,34+,35+,36+,37-,41+,52+,53+,56+,57-,59+,60-,61-,62-/m0/s1. The van der Waals surface area contributed by atoms with E-state index in [2.05, 4.69) is 15.6 Å². The second kappa shape index (κ2) is 25.6. The first-order valence-corrected chi connectivity index (χ1v) is 32.1. The van der Waals surface area contributed by atoms with Crippen molar-refractivity contribution in [2.24, 2.45) is 94.7 Å². The van der Waals surface area contributed by atoms with Crippen LogP contribution in [-0.4, -0.2) is 132 Å². The van der Waals surface area contributed by atoms with Gasteiger partial charge in [-0.1, -0.05) is 34.6 Å². The molecule has 8 bridgehead atoms. The van der Waals surface area contributed by atoms with Gasteiger partial charge >= 0.3 is 7.82 Å². The molecule has 1 unspecified atom stereocenters. The van der Waals surface area contributed by atoms with Crippen LogP contribution in [0.5, 0.6) is 0 Å². The maximum Gasteiger partial charge on any atom is 0.472 e. The Morgan fingerprint density at radius 1 is 0.800 bits per heavy atom. The number of rotatable bonds is 26. The number of aryl methyl sites for hydroxylation is 2. The van der Waals surface area contributed by atoms with E-state index in [0.717, 1.165) is 11.1 Å². The third kappa shape index (κ3) is 13.0. The number of phosphoric ester groups is 1. The highest BCUT2D eigenvalue weighted by atomic mass is 31.2. The summed E-state index contributed by atoms with van der Waals surface area (Å²) in [6.07, 6.45) is -4.26. The van der Waals surface area contributed by atoms with Crippen molar-refractivity contribution in [1.29, 1.82) is 0 Å². The molecule has 8 rings (SSSR count). The normalized spacial score (nSPS) is 32.0. The number of nitrogens with one attached hydrogen (secondary N) is 2. The number of carbonyl (C=O) groups excluding carboxylic acids is 7. The van der Waals surface area contributed by atoms with E-state index in [0.29, 0.717) is 56.4 Å². The lowest BCUT2D eigenvalue weighted by molar-refractivity contribution is -0.124. The van der Waals surface area contributed by atoms with E-state index < -0.39 is 143 Å². The summed E-state index contributed by atoms with van der Waals surface area (Å²) in [5.41, 5.74) is 37.4. The zero-order valence-corrected chi connectivity index (χ0v) is 54.1. The smallest absolute Gasteiger partial charge is 0.394 e. The Bertz CT molecular complexity index is 3540. The summed E-state index contributed by atoms with van der Waals surface area (Å²) in [5.74, 6) is -7.18. The van der Waals surface area contributed by atoms with Crippen LogP contribution in [0.1, 0.15) is 150 Å². The fourth-order valence-electron chi connectivity index (χ4n) is 15.4. The van der Waals surface area contributed by atoms with Gasteiger partial charge in [0, 0.05) is 131 Å². The number of aliphatic hydroxyl groups excluding tert-OH is 2. The Balaban J connectivity index is 1.19. The van der Waals surface area contributed by atoms with Gasteiger partial charge in [0.25, 0.3) is 0 Å². The average Bonchev–Trinajstić information content (AvgIpc) is 1.53. The molecule has 15 atom stereocenters. The Kier molecular flexibility index (Phi) is 19.6. The number of benzene rings is 1. The predicted octanol–water partition coefficient (Wildman–Crippen LogP) is 3.16. The minimum Gasteiger partial charge on any atom is -0.394 e. The van der Waals surface area contributed by atoms with Gasteiger partial charge in [-0.05, 0) is 108 Å². The van der Waals surface area contributed by atoms with Crippen LogP contribution in [0, 0.1) is 59.2 Å². The van der Waals surface area contributed by atoms with E-state index in [4.69, 9.17) is 63.2 Å². The number of hydrogen-bond donors (Lipinski definition) is 11. The van der Waals surface area contributed by atoms with Gasteiger partial charge in [-0.2, -0.15) is 0 Å². The summed E-state index contributed by atoms with van der Waals surface area (Å²) in [6, 6.07) is 2.70. The quantitative estimate of drug-likeness (QED) is 0.0603. The van der Waals surface area contributed by atoms with Gasteiger partial charge in [0.2, 0.25) is 41.4 Å². The van der Waals surface area contributed by atoms with Crippen LogP contribution in [-0.2, 0) is 51.9 Å². The van der Waals surface area contributed by atoms with E-state index >= 15 is 0 Å².